The van der Waals surface area contributed by atoms with Gasteiger partial charge in [0.15, 0.2) is 0 Å². The minimum absolute atomic E-state index is 0.746. The topological polar surface area (TPSA) is 33.1 Å². The van der Waals surface area contributed by atoms with Crippen LogP contribution in [0.1, 0.15) is 31.5 Å². The summed E-state index contributed by atoms with van der Waals surface area (Å²) in [5.41, 5.74) is 2.54. The molecular formula is C15H28N4. The molecular weight excluding hydrogens is 236 g/mol. The van der Waals surface area contributed by atoms with Crippen molar-refractivity contribution in [2.45, 2.75) is 33.7 Å². The highest BCUT2D eigenvalue weighted by atomic mass is 15.3. The predicted molar refractivity (Wildman–Crippen MR) is 79.0 cm³/mol. The van der Waals surface area contributed by atoms with E-state index in [1.807, 2.05) is 11.7 Å². The van der Waals surface area contributed by atoms with Gasteiger partial charge in [0.1, 0.15) is 0 Å². The Bertz CT molecular complexity index is 397. The largest absolute Gasteiger partial charge is 0.316 e. The van der Waals surface area contributed by atoms with Crippen LogP contribution in [-0.4, -0.2) is 40.9 Å². The van der Waals surface area contributed by atoms with Crippen molar-refractivity contribution in [3.8, 4) is 0 Å². The minimum atomic E-state index is 0.746. The van der Waals surface area contributed by atoms with Crippen LogP contribution in [0.4, 0.5) is 0 Å². The second-order valence-corrected chi connectivity index (χ2v) is 6.36. The lowest BCUT2D eigenvalue weighted by Crippen LogP contribution is -2.28. The summed E-state index contributed by atoms with van der Waals surface area (Å²) < 4.78 is 1.92. The molecule has 1 fully saturated rings. The van der Waals surface area contributed by atoms with E-state index in [9.17, 15) is 0 Å². The molecule has 1 unspecified atom stereocenters. The molecule has 0 saturated carbocycles. The van der Waals surface area contributed by atoms with E-state index in [-0.39, 0.29) is 0 Å². The van der Waals surface area contributed by atoms with Crippen molar-refractivity contribution >= 4 is 0 Å². The van der Waals surface area contributed by atoms with E-state index < -0.39 is 0 Å². The fraction of sp³-hybridized carbons (Fsp3) is 0.800. The summed E-state index contributed by atoms with van der Waals surface area (Å²) in [5, 5.41) is 8.00. The van der Waals surface area contributed by atoms with Crippen LogP contribution in [-0.2, 0) is 13.6 Å². The lowest BCUT2D eigenvalue weighted by molar-refractivity contribution is 0.312. The van der Waals surface area contributed by atoms with Crippen molar-refractivity contribution in [1.29, 1.82) is 0 Å². The highest BCUT2D eigenvalue weighted by Crippen LogP contribution is 2.19. The molecule has 0 radical (unpaired) electrons. The summed E-state index contributed by atoms with van der Waals surface area (Å²) in [6.45, 7) is 12.4. The molecule has 1 saturated heterocycles. The zero-order valence-corrected chi connectivity index (χ0v) is 12.8. The van der Waals surface area contributed by atoms with Crippen molar-refractivity contribution in [3.05, 3.63) is 17.5 Å². The van der Waals surface area contributed by atoms with E-state index in [0.717, 1.165) is 24.9 Å². The molecule has 0 spiro atoms. The molecule has 1 N–H and O–H groups in total. The van der Waals surface area contributed by atoms with Crippen molar-refractivity contribution in [3.63, 3.8) is 0 Å². The van der Waals surface area contributed by atoms with Crippen molar-refractivity contribution in [1.82, 2.24) is 20.0 Å². The van der Waals surface area contributed by atoms with Crippen LogP contribution in [0.3, 0.4) is 0 Å². The van der Waals surface area contributed by atoms with Crippen LogP contribution < -0.4 is 5.32 Å². The molecule has 0 aromatic carbocycles. The normalized spacial score (nSPS) is 20.6. The molecule has 1 atom stereocenters. The molecule has 1 aliphatic rings. The maximum absolute atomic E-state index is 4.42. The third-order valence-corrected chi connectivity index (χ3v) is 3.86. The number of likely N-dealkylation sites (tertiary alicyclic amines) is 1. The van der Waals surface area contributed by atoms with E-state index in [2.05, 4.69) is 42.3 Å². The van der Waals surface area contributed by atoms with E-state index in [1.54, 1.807) is 0 Å². The monoisotopic (exact) mass is 264 g/mol. The van der Waals surface area contributed by atoms with Crippen LogP contribution in [0.25, 0.3) is 0 Å². The fourth-order valence-corrected chi connectivity index (χ4v) is 2.84. The number of hydrogen-bond donors (Lipinski definition) is 1. The number of hydrogen-bond acceptors (Lipinski definition) is 3. The molecule has 0 aliphatic carbocycles. The maximum atomic E-state index is 4.42. The molecule has 4 heteroatoms. The van der Waals surface area contributed by atoms with Crippen LogP contribution in [0.15, 0.2) is 6.20 Å². The lowest BCUT2D eigenvalue weighted by Gasteiger charge is -2.16. The average Bonchev–Trinajstić information content (AvgIpc) is 2.87. The molecule has 2 heterocycles. The van der Waals surface area contributed by atoms with Gasteiger partial charge in [-0.25, -0.2) is 0 Å². The summed E-state index contributed by atoms with van der Waals surface area (Å²) in [6.07, 6.45) is 3.48. The number of nitrogens with one attached hydrogen (secondary N) is 1. The van der Waals surface area contributed by atoms with E-state index >= 15 is 0 Å². The molecule has 108 valence electrons. The van der Waals surface area contributed by atoms with E-state index in [4.69, 9.17) is 0 Å². The van der Waals surface area contributed by atoms with Gasteiger partial charge in [-0.15, -0.1) is 0 Å². The van der Waals surface area contributed by atoms with Gasteiger partial charge in [0.2, 0.25) is 0 Å². The fourth-order valence-electron chi connectivity index (χ4n) is 2.84. The van der Waals surface area contributed by atoms with E-state index in [0.29, 0.717) is 0 Å². The summed E-state index contributed by atoms with van der Waals surface area (Å²) in [5.74, 6) is 1.56. The average molecular weight is 264 g/mol. The van der Waals surface area contributed by atoms with Gasteiger partial charge in [-0.1, -0.05) is 13.8 Å². The molecule has 1 aromatic heterocycles. The molecule has 0 bridgehead atoms. The number of aromatic nitrogens is 2. The van der Waals surface area contributed by atoms with Crippen LogP contribution in [0.2, 0.25) is 0 Å². The van der Waals surface area contributed by atoms with Crippen molar-refractivity contribution < 1.29 is 0 Å². The van der Waals surface area contributed by atoms with Gasteiger partial charge in [-0.05, 0) is 44.8 Å². The molecule has 19 heavy (non-hydrogen) atoms. The van der Waals surface area contributed by atoms with Gasteiger partial charge >= 0.3 is 0 Å². The van der Waals surface area contributed by atoms with Crippen molar-refractivity contribution in [2.75, 3.05) is 26.2 Å². The van der Waals surface area contributed by atoms with Gasteiger partial charge < -0.3 is 5.32 Å². The maximum Gasteiger partial charge on any atom is 0.0638 e. The smallest absolute Gasteiger partial charge is 0.0638 e. The Morgan fingerprint density at radius 3 is 2.89 bits per heavy atom. The third-order valence-electron chi connectivity index (χ3n) is 3.86. The quantitative estimate of drug-likeness (QED) is 0.850. The molecule has 1 aromatic rings. The van der Waals surface area contributed by atoms with Gasteiger partial charge in [0.25, 0.3) is 0 Å². The second-order valence-electron chi connectivity index (χ2n) is 6.36. The van der Waals surface area contributed by atoms with Gasteiger partial charge in [0, 0.05) is 31.9 Å². The predicted octanol–water partition coefficient (Wildman–Crippen LogP) is 1.80. The van der Waals surface area contributed by atoms with Gasteiger partial charge in [-0.2, -0.15) is 5.10 Å². The first-order valence-corrected chi connectivity index (χ1v) is 7.46. The first kappa shape index (κ1) is 14.5. The second kappa shape index (κ2) is 6.53. The molecule has 2 rings (SSSR count). The highest BCUT2D eigenvalue weighted by Gasteiger charge is 2.22. The lowest BCUT2D eigenvalue weighted by atomic mass is 10.1. The number of rotatable bonds is 6. The summed E-state index contributed by atoms with van der Waals surface area (Å²) >= 11 is 0. The molecule has 0 amide bonds. The Balaban J connectivity index is 1.74. The minimum Gasteiger partial charge on any atom is -0.316 e. The Morgan fingerprint density at radius 2 is 2.26 bits per heavy atom. The Morgan fingerprint density at radius 1 is 1.47 bits per heavy atom. The highest BCUT2D eigenvalue weighted by molar-refractivity contribution is 5.15. The van der Waals surface area contributed by atoms with Gasteiger partial charge in [0.05, 0.1) is 5.69 Å². The Kier molecular flexibility index (Phi) is 4.99. The van der Waals surface area contributed by atoms with Crippen LogP contribution >= 0.6 is 0 Å². The Hall–Kier alpha value is -0.870. The molecule has 4 nitrogen and oxygen atoms in total. The zero-order chi connectivity index (χ0) is 13.8. The third kappa shape index (κ3) is 4.32. The van der Waals surface area contributed by atoms with Crippen LogP contribution in [0.5, 0.6) is 0 Å². The van der Waals surface area contributed by atoms with Gasteiger partial charge in [-0.3, -0.25) is 9.58 Å². The first-order valence-electron chi connectivity index (χ1n) is 7.46. The Labute approximate surface area is 117 Å². The first-order chi connectivity index (χ1) is 9.04. The van der Waals surface area contributed by atoms with Crippen molar-refractivity contribution in [2.24, 2.45) is 18.9 Å². The summed E-state index contributed by atoms with van der Waals surface area (Å²) in [6, 6.07) is 0. The van der Waals surface area contributed by atoms with Crippen LogP contribution in [0, 0.1) is 18.8 Å². The number of nitrogens with zero attached hydrogens (tertiary/aromatic N) is 3. The van der Waals surface area contributed by atoms with E-state index in [1.165, 1.54) is 37.3 Å². The number of aryl methyl sites for hydroxylation is 2. The SMILES string of the molecule is Cc1nn(C)cc1CN1CCC(CNCC(C)C)C1. The summed E-state index contributed by atoms with van der Waals surface area (Å²) in [7, 11) is 2.00. The standard InChI is InChI=1S/C15H28N4/c1-12(2)7-16-8-14-5-6-19(9-14)11-15-10-18(4)17-13(15)3/h10,12,14,16H,5-9,11H2,1-4H3. The molecule has 1 aliphatic heterocycles. The zero-order valence-electron chi connectivity index (χ0n) is 12.8. The summed E-state index contributed by atoms with van der Waals surface area (Å²) in [4.78, 5) is 2.56.